The van der Waals surface area contributed by atoms with E-state index in [1.54, 1.807) is 18.2 Å². The lowest BCUT2D eigenvalue weighted by molar-refractivity contribution is 0.0224. The fourth-order valence-electron chi connectivity index (χ4n) is 10.6. The van der Waals surface area contributed by atoms with Crippen molar-refractivity contribution in [2.45, 2.75) is 89.6 Å². The van der Waals surface area contributed by atoms with Crippen LogP contribution in [0.5, 0.6) is 11.8 Å². The molecule has 2 aromatic heterocycles. The van der Waals surface area contributed by atoms with Crippen molar-refractivity contribution in [3.05, 3.63) is 64.4 Å². The number of halogens is 2. The Kier molecular flexibility index (Phi) is 8.22. The van der Waals surface area contributed by atoms with Gasteiger partial charge in [-0.25, -0.2) is 8.78 Å². The van der Waals surface area contributed by atoms with Crippen LogP contribution in [0.4, 0.5) is 20.3 Å². The molecular weight excluding hydrogens is 690 g/mol. The Balaban J connectivity index is 0.992. The molecule has 1 aliphatic carbocycles. The van der Waals surface area contributed by atoms with E-state index < -0.39 is 6.17 Å². The first-order valence-electron chi connectivity index (χ1n) is 20.0. The molecule has 4 saturated heterocycles. The quantitative estimate of drug-likeness (QED) is 0.258. The number of alkyl halides is 1. The molecule has 2 atom stereocenters. The monoisotopic (exact) mass is 738 g/mol. The topological polar surface area (TPSA) is 103 Å². The van der Waals surface area contributed by atoms with Crippen molar-refractivity contribution < 1.29 is 23.4 Å². The van der Waals surface area contributed by atoms with Gasteiger partial charge in [0.25, 0.3) is 5.91 Å². The van der Waals surface area contributed by atoms with Crippen molar-refractivity contribution in [1.29, 1.82) is 0 Å². The zero-order chi connectivity index (χ0) is 36.7. The number of nitrogens with zero attached hydrogens (tertiary/aromatic N) is 8. The summed E-state index contributed by atoms with van der Waals surface area (Å²) in [4.78, 5) is 32.4. The number of aromatic hydroxyl groups is 1. The van der Waals surface area contributed by atoms with Crippen LogP contribution in [-0.2, 0) is 32.5 Å². The molecule has 8 heterocycles. The van der Waals surface area contributed by atoms with Gasteiger partial charge in [-0.3, -0.25) is 14.4 Å². The van der Waals surface area contributed by atoms with E-state index in [1.165, 1.54) is 18.9 Å². The lowest BCUT2D eigenvalue weighted by atomic mass is 9.71. The smallest absolute Gasteiger partial charge is 0.318 e. The maximum absolute atomic E-state index is 15.2. The molecule has 0 unspecified atom stereocenters. The molecule has 54 heavy (non-hydrogen) atoms. The SMILES string of the molecule is CCc1c(F)ccc2cc(O)cc(N3CCc4c(nc(OC[C@@]56CCCN5C[C@H](F)C6)nc4N4CCCn5nc(C(=O)N6CC7CC(C7)C6)cc5C4)C3)c12. The van der Waals surface area contributed by atoms with Gasteiger partial charge in [0.1, 0.15) is 30.2 Å². The van der Waals surface area contributed by atoms with E-state index in [4.69, 9.17) is 19.8 Å². The molecule has 6 aliphatic heterocycles. The fourth-order valence-corrected chi connectivity index (χ4v) is 10.6. The van der Waals surface area contributed by atoms with Crippen molar-refractivity contribution in [3.8, 4) is 11.8 Å². The predicted octanol–water partition coefficient (Wildman–Crippen LogP) is 5.64. The van der Waals surface area contributed by atoms with Gasteiger partial charge < -0.3 is 24.5 Å². The molecular formula is C41H48F2N8O3. The molecule has 11 rings (SSSR count). The highest BCUT2D eigenvalue weighted by Crippen LogP contribution is 2.43. The minimum atomic E-state index is -0.864. The molecule has 0 radical (unpaired) electrons. The average Bonchev–Trinajstić information content (AvgIpc) is 3.79. The number of phenolic OH excluding ortho intramolecular Hbond substituents is 1. The van der Waals surface area contributed by atoms with Crippen LogP contribution >= 0.6 is 0 Å². The van der Waals surface area contributed by atoms with Gasteiger partial charge in [-0.2, -0.15) is 15.1 Å². The van der Waals surface area contributed by atoms with Gasteiger partial charge >= 0.3 is 6.01 Å². The zero-order valence-corrected chi connectivity index (χ0v) is 30.9. The number of aryl methyl sites for hydroxylation is 2. The highest BCUT2D eigenvalue weighted by Gasteiger charge is 2.49. The standard InChI is InChI=1S/C41H48F2N8O3/c1-2-31-33(43)6-5-27-15-30(52)17-36(37(27)31)47-12-7-32-35(23-47)44-40(54-24-41-8-3-10-50(41)21-28(42)18-41)45-38(32)48-9-4-11-51-29(22-48)16-34(46-51)39(53)49-19-25-13-26(14-25)20-49/h5-6,15-17,25-26,28,52H,2-4,7-14,18-24H2,1H3/t25?,26?,28-,41+/m1/s1. The number of rotatable bonds is 7. The van der Waals surface area contributed by atoms with Crippen LogP contribution in [0.15, 0.2) is 30.3 Å². The second-order valence-electron chi connectivity index (χ2n) is 16.7. The van der Waals surface area contributed by atoms with Crippen LogP contribution in [0.1, 0.15) is 78.5 Å². The molecule has 13 heteroatoms. The number of hydrogen-bond acceptors (Lipinski definition) is 9. The maximum atomic E-state index is 15.2. The second kappa shape index (κ2) is 13.1. The van der Waals surface area contributed by atoms with E-state index in [-0.39, 0.29) is 29.0 Å². The normalized spacial score (nSPS) is 26.4. The van der Waals surface area contributed by atoms with Gasteiger partial charge in [-0.1, -0.05) is 13.0 Å². The lowest BCUT2D eigenvalue weighted by Gasteiger charge is -2.46. The van der Waals surface area contributed by atoms with Gasteiger partial charge in [0.05, 0.1) is 30.0 Å². The lowest BCUT2D eigenvalue weighted by Crippen LogP contribution is -2.50. The van der Waals surface area contributed by atoms with Crippen LogP contribution in [-0.4, -0.2) is 98.1 Å². The number of ether oxygens (including phenoxy) is 1. The van der Waals surface area contributed by atoms with Gasteiger partial charge in [0.2, 0.25) is 0 Å². The predicted molar refractivity (Wildman–Crippen MR) is 200 cm³/mol. The number of amides is 1. The number of carbonyl (C=O) groups is 1. The third kappa shape index (κ3) is 5.76. The Morgan fingerprint density at radius 2 is 1.85 bits per heavy atom. The molecule has 4 aromatic rings. The van der Waals surface area contributed by atoms with Crippen LogP contribution in [0.3, 0.4) is 0 Å². The molecule has 1 N–H and O–H groups in total. The van der Waals surface area contributed by atoms with Gasteiger partial charge in [0, 0.05) is 68.4 Å². The number of phenols is 1. The first kappa shape index (κ1) is 34.0. The van der Waals surface area contributed by atoms with E-state index in [9.17, 15) is 14.3 Å². The minimum Gasteiger partial charge on any atom is -0.508 e. The van der Waals surface area contributed by atoms with E-state index in [1.807, 2.05) is 22.6 Å². The van der Waals surface area contributed by atoms with Gasteiger partial charge in [-0.15, -0.1) is 0 Å². The maximum Gasteiger partial charge on any atom is 0.318 e. The minimum absolute atomic E-state index is 0.0278. The first-order chi connectivity index (χ1) is 26.2. The molecule has 1 saturated carbocycles. The zero-order valence-electron chi connectivity index (χ0n) is 30.9. The third-order valence-corrected chi connectivity index (χ3v) is 13.2. The van der Waals surface area contributed by atoms with Crippen molar-refractivity contribution in [2.24, 2.45) is 11.8 Å². The van der Waals surface area contributed by atoms with Gasteiger partial charge in [0.15, 0.2) is 5.69 Å². The van der Waals surface area contributed by atoms with Crippen molar-refractivity contribution in [2.75, 3.05) is 55.7 Å². The number of benzene rings is 2. The van der Waals surface area contributed by atoms with Crippen molar-refractivity contribution in [3.63, 3.8) is 0 Å². The Hall–Kier alpha value is -4.52. The number of anilines is 2. The molecule has 2 bridgehead atoms. The number of piperidine rings is 2. The first-order valence-corrected chi connectivity index (χ1v) is 20.0. The summed E-state index contributed by atoms with van der Waals surface area (Å²) in [7, 11) is 0. The Bertz CT molecular complexity index is 2130. The Morgan fingerprint density at radius 3 is 2.69 bits per heavy atom. The Morgan fingerprint density at radius 1 is 1.00 bits per heavy atom. The highest BCUT2D eigenvalue weighted by atomic mass is 19.1. The van der Waals surface area contributed by atoms with Crippen LogP contribution in [0, 0.1) is 17.7 Å². The van der Waals surface area contributed by atoms with Crippen LogP contribution < -0.4 is 14.5 Å². The van der Waals surface area contributed by atoms with E-state index in [0.29, 0.717) is 81.7 Å². The summed E-state index contributed by atoms with van der Waals surface area (Å²) in [6.07, 6.45) is 5.95. The average molecular weight is 739 g/mol. The van der Waals surface area contributed by atoms with Crippen LogP contribution in [0.25, 0.3) is 10.8 Å². The second-order valence-corrected chi connectivity index (χ2v) is 16.7. The molecule has 11 nitrogen and oxygen atoms in total. The number of carbonyl (C=O) groups excluding carboxylic acids is 1. The van der Waals surface area contributed by atoms with E-state index >= 15 is 4.39 Å². The number of hydrogen-bond donors (Lipinski definition) is 1. The molecule has 2 aromatic carbocycles. The summed E-state index contributed by atoms with van der Waals surface area (Å²) < 4.78 is 38.4. The molecule has 284 valence electrons. The summed E-state index contributed by atoms with van der Waals surface area (Å²) in [5, 5.41) is 17.2. The van der Waals surface area contributed by atoms with Gasteiger partial charge in [-0.05, 0) is 92.5 Å². The number of aromatic nitrogens is 4. The fraction of sp³-hybridized carbons (Fsp3) is 0.561. The summed E-state index contributed by atoms with van der Waals surface area (Å²) in [5.74, 6) is 1.97. The highest BCUT2D eigenvalue weighted by molar-refractivity contribution is 5.98. The summed E-state index contributed by atoms with van der Waals surface area (Å²) >= 11 is 0. The Labute approximate surface area is 313 Å². The number of fused-ring (bicyclic) bond motifs is 6. The van der Waals surface area contributed by atoms with Crippen LogP contribution in [0.2, 0.25) is 0 Å². The summed E-state index contributed by atoms with van der Waals surface area (Å²) in [5.41, 5.74) is 4.40. The molecule has 0 spiro atoms. The molecule has 7 aliphatic rings. The summed E-state index contributed by atoms with van der Waals surface area (Å²) in [6.45, 7) is 8.28. The molecule has 5 fully saturated rings. The largest absolute Gasteiger partial charge is 0.508 e. The molecule has 1 amide bonds. The van der Waals surface area contributed by atoms with E-state index in [0.717, 1.165) is 84.7 Å². The third-order valence-electron chi connectivity index (χ3n) is 13.2. The van der Waals surface area contributed by atoms with Crippen molar-refractivity contribution >= 4 is 28.2 Å². The van der Waals surface area contributed by atoms with E-state index in [2.05, 4.69) is 14.7 Å². The summed E-state index contributed by atoms with van der Waals surface area (Å²) in [6, 6.07) is 8.86. The van der Waals surface area contributed by atoms with Crippen molar-refractivity contribution in [1.82, 2.24) is 29.5 Å².